The van der Waals surface area contributed by atoms with Crippen molar-refractivity contribution in [1.29, 1.82) is 0 Å². The summed E-state index contributed by atoms with van der Waals surface area (Å²) in [4.78, 5) is 16.1. The highest BCUT2D eigenvalue weighted by molar-refractivity contribution is 7.09. The third kappa shape index (κ3) is 3.65. The number of ketones is 1. The molecule has 0 unspecified atom stereocenters. The van der Waals surface area contributed by atoms with Crippen molar-refractivity contribution in [3.63, 3.8) is 0 Å². The summed E-state index contributed by atoms with van der Waals surface area (Å²) >= 11 is 1.36. The summed E-state index contributed by atoms with van der Waals surface area (Å²) in [5.41, 5.74) is 6.02. The van der Waals surface area contributed by atoms with Crippen molar-refractivity contribution in [3.8, 4) is 0 Å². The molecule has 1 heterocycles. The van der Waals surface area contributed by atoms with Gasteiger partial charge in [0.05, 0.1) is 5.01 Å². The van der Waals surface area contributed by atoms with Gasteiger partial charge in [0.1, 0.15) is 17.3 Å². The molecule has 0 saturated carbocycles. The van der Waals surface area contributed by atoms with Crippen LogP contribution in [0.2, 0.25) is 0 Å². The monoisotopic (exact) mass is 282 g/mol. The van der Waals surface area contributed by atoms with E-state index in [2.05, 4.69) is 4.98 Å². The highest BCUT2D eigenvalue weighted by Gasteiger charge is 2.12. The average molecular weight is 282 g/mol. The van der Waals surface area contributed by atoms with E-state index in [1.807, 2.05) is 0 Å². The van der Waals surface area contributed by atoms with Crippen LogP contribution in [0, 0.1) is 11.6 Å². The number of carbonyl (C=O) groups excluding carboxylic acids is 1. The van der Waals surface area contributed by atoms with Gasteiger partial charge in [-0.15, -0.1) is 11.3 Å². The minimum Gasteiger partial charge on any atom is -0.330 e. The maximum absolute atomic E-state index is 13.0. The number of hydrogen-bond acceptors (Lipinski definition) is 4. The molecular formula is C13H12F2N2OS. The summed E-state index contributed by atoms with van der Waals surface area (Å²) in [5.74, 6) is -1.64. The van der Waals surface area contributed by atoms with Gasteiger partial charge in [-0.1, -0.05) is 0 Å². The second-order valence-electron chi connectivity index (χ2n) is 4.04. The lowest BCUT2D eigenvalue weighted by Crippen LogP contribution is -2.06. The van der Waals surface area contributed by atoms with E-state index in [4.69, 9.17) is 5.73 Å². The van der Waals surface area contributed by atoms with Crippen LogP contribution in [0.4, 0.5) is 8.78 Å². The summed E-state index contributed by atoms with van der Waals surface area (Å²) in [6.07, 6.45) is 0.549. The highest BCUT2D eigenvalue weighted by Crippen LogP contribution is 2.14. The Labute approximate surface area is 113 Å². The molecule has 1 aromatic carbocycles. The van der Waals surface area contributed by atoms with E-state index in [1.165, 1.54) is 11.3 Å². The molecule has 1 aromatic heterocycles. The first-order chi connectivity index (χ1) is 9.08. The van der Waals surface area contributed by atoms with Gasteiger partial charge in [0.2, 0.25) is 0 Å². The summed E-state index contributed by atoms with van der Waals surface area (Å²) in [6.45, 7) is 0.469. The van der Waals surface area contributed by atoms with Gasteiger partial charge in [-0.2, -0.15) is 0 Å². The molecule has 0 aliphatic carbocycles. The van der Waals surface area contributed by atoms with Gasteiger partial charge in [-0.3, -0.25) is 4.79 Å². The molecule has 0 radical (unpaired) electrons. The van der Waals surface area contributed by atoms with Gasteiger partial charge in [0.15, 0.2) is 5.78 Å². The number of nitrogens with two attached hydrogens (primary N) is 1. The Morgan fingerprint density at radius 2 is 1.95 bits per heavy atom. The maximum atomic E-state index is 13.0. The predicted molar refractivity (Wildman–Crippen MR) is 69.3 cm³/mol. The molecule has 0 aliphatic heterocycles. The van der Waals surface area contributed by atoms with E-state index in [9.17, 15) is 13.6 Å². The second kappa shape index (κ2) is 5.99. The average Bonchev–Trinajstić information content (AvgIpc) is 2.76. The van der Waals surface area contributed by atoms with Crippen LogP contribution in [-0.4, -0.2) is 17.3 Å². The number of nitrogens with zero attached hydrogens (tertiary/aromatic N) is 1. The fourth-order valence-electron chi connectivity index (χ4n) is 1.67. The van der Waals surface area contributed by atoms with Gasteiger partial charge in [-0.25, -0.2) is 13.8 Å². The largest absolute Gasteiger partial charge is 0.330 e. The van der Waals surface area contributed by atoms with Gasteiger partial charge in [0.25, 0.3) is 0 Å². The third-order valence-corrected chi connectivity index (χ3v) is 3.39. The Balaban J connectivity index is 2.11. The normalized spacial score (nSPS) is 10.7. The third-order valence-electron chi connectivity index (χ3n) is 2.48. The van der Waals surface area contributed by atoms with E-state index in [0.717, 1.165) is 23.2 Å². The van der Waals surface area contributed by atoms with E-state index in [-0.39, 0.29) is 12.2 Å². The summed E-state index contributed by atoms with van der Waals surface area (Å²) < 4.78 is 26.0. The maximum Gasteiger partial charge on any atom is 0.186 e. The van der Waals surface area contributed by atoms with Crippen molar-refractivity contribution in [2.45, 2.75) is 12.8 Å². The molecule has 0 atom stereocenters. The smallest absolute Gasteiger partial charge is 0.186 e. The van der Waals surface area contributed by atoms with Crippen LogP contribution >= 0.6 is 11.3 Å². The SMILES string of the molecule is NCCc1nc(C(=O)Cc2cc(F)cc(F)c2)cs1. The van der Waals surface area contributed by atoms with Gasteiger partial charge in [-0.05, 0) is 24.2 Å². The predicted octanol–water partition coefficient (Wildman–Crippen LogP) is 2.35. The Kier molecular flexibility index (Phi) is 4.34. The van der Waals surface area contributed by atoms with Crippen LogP contribution in [0.1, 0.15) is 21.1 Å². The van der Waals surface area contributed by atoms with Crippen LogP contribution in [0.25, 0.3) is 0 Å². The molecule has 0 amide bonds. The van der Waals surface area contributed by atoms with Crippen molar-refractivity contribution in [2.75, 3.05) is 6.54 Å². The second-order valence-corrected chi connectivity index (χ2v) is 4.99. The van der Waals surface area contributed by atoms with Crippen molar-refractivity contribution in [2.24, 2.45) is 5.73 Å². The lowest BCUT2D eigenvalue weighted by molar-refractivity contribution is 0.0988. The molecule has 2 aromatic rings. The Morgan fingerprint density at radius 3 is 2.58 bits per heavy atom. The first-order valence-corrected chi connectivity index (χ1v) is 6.59. The first kappa shape index (κ1) is 13.8. The number of halogens is 2. The zero-order valence-corrected chi connectivity index (χ0v) is 10.8. The molecule has 2 rings (SSSR count). The molecule has 2 N–H and O–H groups in total. The van der Waals surface area contributed by atoms with Gasteiger partial charge in [0, 0.05) is 24.3 Å². The zero-order valence-electron chi connectivity index (χ0n) is 10.0. The molecule has 0 saturated heterocycles. The molecule has 0 fully saturated rings. The number of thiazole rings is 1. The number of rotatable bonds is 5. The van der Waals surface area contributed by atoms with Gasteiger partial charge >= 0.3 is 0 Å². The molecule has 0 bridgehead atoms. The molecular weight excluding hydrogens is 270 g/mol. The summed E-state index contributed by atoms with van der Waals surface area (Å²) in [5, 5.41) is 2.43. The van der Waals surface area contributed by atoms with Crippen LogP contribution < -0.4 is 5.73 Å². The minimum atomic E-state index is -0.690. The van der Waals surface area contributed by atoms with Crippen molar-refractivity contribution in [3.05, 3.63) is 51.5 Å². The molecule has 19 heavy (non-hydrogen) atoms. The quantitative estimate of drug-likeness (QED) is 0.856. The van der Waals surface area contributed by atoms with Crippen molar-refractivity contribution >= 4 is 17.1 Å². The van der Waals surface area contributed by atoms with Crippen LogP contribution in [0.5, 0.6) is 0 Å². The van der Waals surface area contributed by atoms with Crippen LogP contribution in [0.15, 0.2) is 23.6 Å². The molecule has 3 nitrogen and oxygen atoms in total. The molecule has 100 valence electrons. The van der Waals surface area contributed by atoms with Crippen molar-refractivity contribution in [1.82, 2.24) is 4.98 Å². The highest BCUT2D eigenvalue weighted by atomic mass is 32.1. The summed E-state index contributed by atoms with van der Waals surface area (Å²) in [7, 11) is 0. The number of Topliss-reactive ketones (excluding diaryl/α,β-unsaturated/α-hetero) is 1. The lowest BCUT2D eigenvalue weighted by Gasteiger charge is -2.00. The molecule has 0 aliphatic rings. The van der Waals surface area contributed by atoms with E-state index in [1.54, 1.807) is 5.38 Å². The Bertz CT molecular complexity index is 578. The number of benzene rings is 1. The standard InChI is InChI=1S/C13H12F2N2OS/c14-9-3-8(4-10(15)6-9)5-12(18)11-7-19-13(17-11)1-2-16/h3-4,6-7H,1-2,5,16H2. The fraction of sp³-hybridized carbons (Fsp3) is 0.231. The minimum absolute atomic E-state index is 0.0690. The first-order valence-electron chi connectivity index (χ1n) is 5.71. The molecule has 6 heteroatoms. The van der Waals surface area contributed by atoms with E-state index >= 15 is 0 Å². The fourth-order valence-corrected chi connectivity index (χ4v) is 2.48. The van der Waals surface area contributed by atoms with Crippen LogP contribution in [0.3, 0.4) is 0 Å². The topological polar surface area (TPSA) is 56.0 Å². The number of aromatic nitrogens is 1. The Morgan fingerprint density at radius 1 is 1.26 bits per heavy atom. The molecule has 0 spiro atoms. The number of hydrogen-bond donors (Lipinski definition) is 1. The van der Waals surface area contributed by atoms with Crippen molar-refractivity contribution < 1.29 is 13.6 Å². The van der Waals surface area contributed by atoms with E-state index in [0.29, 0.717) is 24.2 Å². The number of carbonyl (C=O) groups is 1. The Hall–Kier alpha value is -1.66. The summed E-state index contributed by atoms with van der Waals surface area (Å²) in [6, 6.07) is 3.07. The van der Waals surface area contributed by atoms with E-state index < -0.39 is 11.6 Å². The zero-order chi connectivity index (χ0) is 13.8. The van der Waals surface area contributed by atoms with Gasteiger partial charge < -0.3 is 5.73 Å². The lowest BCUT2D eigenvalue weighted by atomic mass is 10.1. The van der Waals surface area contributed by atoms with Crippen LogP contribution in [-0.2, 0) is 12.8 Å².